The Morgan fingerprint density at radius 2 is 0.308 bits per heavy atom. The molecule has 104 heavy (non-hydrogen) atoms. The fourth-order valence-electron chi connectivity index (χ4n) is 15.3. The summed E-state index contributed by atoms with van der Waals surface area (Å²) in [5, 5.41) is 0. The summed E-state index contributed by atoms with van der Waals surface area (Å²) in [6, 6.07) is 8.85. The molecule has 0 fully saturated rings. The molecule has 0 radical (unpaired) electrons. The van der Waals surface area contributed by atoms with Gasteiger partial charge in [-0.25, -0.2) is 0 Å². The highest BCUT2D eigenvalue weighted by atomic mass is 28.5. The maximum Gasteiger partial charge on any atom is 0.317 e. The van der Waals surface area contributed by atoms with Crippen LogP contribution >= 0.6 is 0 Å². The quantitative estimate of drug-likeness (QED) is 0.0200. The molecule has 0 aromatic heterocycles. The predicted octanol–water partition coefficient (Wildman–Crippen LogP) is 17.2. The van der Waals surface area contributed by atoms with E-state index in [2.05, 4.69) is 85.1 Å². The molecule has 0 saturated heterocycles. The molecule has 626 valence electrons. The second kappa shape index (κ2) is 62.0. The molecule has 0 aliphatic heterocycles. The number of hydrogen-bond acceptors (Lipinski definition) is 20. The van der Waals surface area contributed by atoms with Crippen LogP contribution in [0.4, 0.5) is 0 Å². The fraction of sp³-hybridized carbons (Fsp3) is 1.00. The van der Waals surface area contributed by atoms with Gasteiger partial charge >= 0.3 is 77.0 Å². The Balaban J connectivity index is 8.95. The van der Waals surface area contributed by atoms with Crippen LogP contribution in [0.5, 0.6) is 0 Å². The van der Waals surface area contributed by atoms with E-state index in [9.17, 15) is 0 Å². The first-order valence-corrected chi connectivity index (χ1v) is 71.9. The lowest BCUT2D eigenvalue weighted by molar-refractivity contribution is 0.236. The van der Waals surface area contributed by atoms with E-state index in [1.54, 1.807) is 0 Å². The van der Waals surface area contributed by atoms with Gasteiger partial charge < -0.3 is 98.5 Å². The summed E-state index contributed by atoms with van der Waals surface area (Å²) in [4.78, 5) is 0. The number of nitrogens with two attached hydrogens (primary N) is 10. The smallest absolute Gasteiger partial charge is 0.317 e. The highest BCUT2D eigenvalue weighted by Gasteiger charge is 2.57. The average Bonchev–Trinajstić information content (AvgIpc) is 0.777. The fourth-order valence-corrected chi connectivity index (χ4v) is 74.9. The van der Waals surface area contributed by atoms with E-state index >= 15 is 0 Å². The first-order valence-electron chi connectivity index (χ1n) is 43.4. The lowest BCUT2D eigenvalue weighted by Crippen LogP contribution is -2.65. The molecule has 31 heteroatoms. The summed E-state index contributed by atoms with van der Waals surface area (Å²) in [7, 11) is -31.7. The molecular formula is C73H180N10O10Si11. The topological polar surface area (TPSA) is 352 Å². The molecule has 20 nitrogen and oxygen atoms in total. The third-order valence-electron chi connectivity index (χ3n) is 20.3. The minimum Gasteiger partial charge on any atom is -0.439 e. The van der Waals surface area contributed by atoms with Crippen LogP contribution in [-0.2, 0) is 41.2 Å². The summed E-state index contributed by atoms with van der Waals surface area (Å²) >= 11 is 0. The van der Waals surface area contributed by atoms with Crippen molar-refractivity contribution in [3.63, 3.8) is 0 Å². The van der Waals surface area contributed by atoms with Gasteiger partial charge in [0.1, 0.15) is 0 Å². The van der Waals surface area contributed by atoms with Crippen LogP contribution in [0.1, 0.15) is 257 Å². The summed E-state index contributed by atoms with van der Waals surface area (Å²) in [6.07, 6.45) is 42.0. The van der Waals surface area contributed by atoms with Crippen LogP contribution in [0.25, 0.3) is 0 Å². The average molecular weight is 1670 g/mol. The molecule has 10 unspecified atom stereocenters. The molecule has 0 saturated carbocycles. The van der Waals surface area contributed by atoms with Crippen LogP contribution in [0.15, 0.2) is 0 Å². The van der Waals surface area contributed by atoms with Crippen molar-refractivity contribution in [2.75, 3.05) is 65.4 Å². The van der Waals surface area contributed by atoms with Crippen molar-refractivity contribution in [3.8, 4) is 0 Å². The zero-order valence-electron chi connectivity index (χ0n) is 70.9. The SMILES string of the molecule is C[SiH](CCCCCCN)O[Si](C)(CCCCCCN)O[Si](C)(CCCCCCN)O[Si](C)(CCCCCCN)O[Si](C)(CCCCCCN)O[Si](C)(CCCCCCN)O[Si](C)(CCCCCCN)O[Si](C)(CCCCCCN)O[Si](C)(CCCCCCN)O[Si](C)(CCCCCCN)O[Si](C)(C)C. The van der Waals surface area contributed by atoms with Gasteiger partial charge in [-0.2, -0.15) is 0 Å². The summed E-state index contributed by atoms with van der Waals surface area (Å²) in [6.45, 7) is 37.7. The summed E-state index contributed by atoms with van der Waals surface area (Å²) in [5.41, 5.74) is 61.2. The zero-order valence-corrected chi connectivity index (χ0v) is 82.0. The molecule has 0 aromatic carbocycles. The van der Waals surface area contributed by atoms with Crippen molar-refractivity contribution in [1.29, 1.82) is 0 Å². The van der Waals surface area contributed by atoms with Crippen LogP contribution in [-0.4, -0.2) is 160 Å². The van der Waals surface area contributed by atoms with Gasteiger partial charge in [0.25, 0.3) is 0 Å². The Morgan fingerprint density at radius 3 is 0.471 bits per heavy atom. The van der Waals surface area contributed by atoms with Crippen molar-refractivity contribution >= 4 is 94.4 Å². The largest absolute Gasteiger partial charge is 0.439 e. The molecule has 0 rings (SSSR count). The van der Waals surface area contributed by atoms with E-state index in [0.717, 1.165) is 305 Å². The normalized spacial score (nSPS) is 18.0. The molecule has 0 aliphatic carbocycles. The van der Waals surface area contributed by atoms with E-state index in [0.29, 0.717) is 58.9 Å². The Kier molecular flexibility index (Phi) is 62.9. The molecule has 0 aromatic rings. The highest BCUT2D eigenvalue weighted by Crippen LogP contribution is 2.42. The first kappa shape index (κ1) is 106. The van der Waals surface area contributed by atoms with E-state index in [1.165, 1.54) is 19.3 Å². The highest BCUT2D eigenvalue weighted by molar-refractivity contribution is 6.94. The molecule has 0 aliphatic rings. The van der Waals surface area contributed by atoms with Gasteiger partial charge in [-0.1, -0.05) is 193 Å². The molecule has 20 N–H and O–H groups in total. The van der Waals surface area contributed by atoms with Crippen LogP contribution in [0.2, 0.25) is 146 Å². The van der Waals surface area contributed by atoms with Crippen LogP contribution < -0.4 is 57.3 Å². The van der Waals surface area contributed by atoms with Crippen LogP contribution in [0, 0.1) is 0 Å². The minimum atomic E-state index is -3.30. The standard InChI is InChI=1S/C73H180N10O10Si11/c1-94(64-44-24-14-34-54-74)84-96(5,65-45-25-15-35-55-75)86-98(7,67-47-27-17-37-57-77)88-100(9,69-49-29-19-39-59-79)90-102(11,71-51-31-21-41-61-81)92-104(13,73-53-33-23-43-63-83)93-103(12,72-52-32-22-42-62-82)91-101(10,70-50-30-20-40-60-80)89-99(8,68-48-28-18-38-58-78)87-97(6,85-95(2,3)4)66-46-26-16-36-56-76/h94H,14-83H2,1-13H3. The Hall–Kier alpha value is 1.59. The first-order chi connectivity index (χ1) is 49.4. The van der Waals surface area contributed by atoms with Gasteiger partial charge in [0.2, 0.25) is 0 Å². The third-order valence-corrected chi connectivity index (χ3v) is 68.2. The lowest BCUT2D eigenvalue weighted by atomic mass is 10.2. The second-order valence-corrected chi connectivity index (χ2v) is 73.4. The van der Waals surface area contributed by atoms with E-state index in [4.69, 9.17) is 98.5 Å². The Labute approximate surface area is 656 Å². The van der Waals surface area contributed by atoms with Gasteiger partial charge in [0, 0.05) is 0 Å². The zero-order chi connectivity index (χ0) is 78.1. The Morgan fingerprint density at radius 1 is 0.173 bits per heavy atom. The lowest BCUT2D eigenvalue weighted by Gasteiger charge is -2.49. The molecule has 0 spiro atoms. The van der Waals surface area contributed by atoms with Crippen LogP contribution in [0.3, 0.4) is 0 Å². The second-order valence-electron chi connectivity index (χ2n) is 33.7. The van der Waals surface area contributed by atoms with Crippen molar-refractivity contribution < 1.29 is 41.2 Å². The van der Waals surface area contributed by atoms with Crippen molar-refractivity contribution in [2.45, 2.75) is 402 Å². The van der Waals surface area contributed by atoms with E-state index in [1.807, 2.05) is 0 Å². The number of unbranched alkanes of at least 4 members (excludes halogenated alkanes) is 30. The van der Waals surface area contributed by atoms with Crippen molar-refractivity contribution in [3.05, 3.63) is 0 Å². The third kappa shape index (κ3) is 55.9. The predicted molar refractivity (Wildman–Crippen MR) is 475 cm³/mol. The maximum absolute atomic E-state index is 8.38. The van der Waals surface area contributed by atoms with Gasteiger partial charge in [0.05, 0.1) is 0 Å². The van der Waals surface area contributed by atoms with Gasteiger partial charge in [-0.3, -0.25) is 0 Å². The number of rotatable bonds is 80. The molecule has 0 heterocycles. The minimum absolute atomic E-state index is 0.678. The van der Waals surface area contributed by atoms with Gasteiger partial charge in [-0.05, 0) is 275 Å². The Bertz CT molecular complexity index is 2010. The molecule has 10 atom stereocenters. The van der Waals surface area contributed by atoms with Crippen molar-refractivity contribution in [2.24, 2.45) is 57.3 Å². The van der Waals surface area contributed by atoms with E-state index < -0.39 is 94.4 Å². The monoisotopic (exact) mass is 1670 g/mol. The van der Waals surface area contributed by atoms with Gasteiger partial charge in [-0.15, -0.1) is 0 Å². The van der Waals surface area contributed by atoms with Crippen molar-refractivity contribution in [1.82, 2.24) is 0 Å². The molecule has 0 amide bonds. The summed E-state index contributed by atoms with van der Waals surface area (Å²) < 4.78 is 80.7. The molecule has 0 bridgehead atoms. The maximum atomic E-state index is 8.38. The van der Waals surface area contributed by atoms with E-state index in [-0.39, 0.29) is 0 Å². The number of hydrogen-bond donors (Lipinski definition) is 10. The summed E-state index contributed by atoms with van der Waals surface area (Å²) in [5.74, 6) is 0. The molecular weight excluding hydrogens is 1490 g/mol. The van der Waals surface area contributed by atoms with Gasteiger partial charge in [0.15, 0.2) is 17.4 Å².